The number of amides is 3. The molecule has 3 aliphatic carbocycles. The van der Waals surface area contributed by atoms with Gasteiger partial charge in [-0.3, -0.25) is 14.4 Å². The molecular weight excluding hydrogens is 522 g/mol. The van der Waals surface area contributed by atoms with Crippen molar-refractivity contribution >= 4 is 17.7 Å². The first kappa shape index (κ1) is 34.9. The number of rotatable bonds is 17. The molecule has 0 aromatic rings. The lowest BCUT2D eigenvalue weighted by atomic mass is 9.82. The van der Waals surface area contributed by atoms with E-state index < -0.39 is 5.92 Å². The zero-order valence-corrected chi connectivity index (χ0v) is 27.5. The molecule has 3 saturated carbocycles. The number of unbranched alkanes of at least 4 members (excludes halogenated alkanes) is 3. The normalized spacial score (nSPS) is 28.9. The summed E-state index contributed by atoms with van der Waals surface area (Å²) in [5, 5.41) is 9.74. The first-order valence-corrected chi connectivity index (χ1v) is 18.3. The van der Waals surface area contributed by atoms with Gasteiger partial charge in [-0.25, -0.2) is 0 Å². The van der Waals surface area contributed by atoms with Crippen LogP contribution < -0.4 is 16.0 Å². The van der Waals surface area contributed by atoms with Crippen molar-refractivity contribution in [1.82, 2.24) is 16.0 Å². The minimum atomic E-state index is -0.607. The average molecular weight is 588 g/mol. The van der Waals surface area contributed by atoms with Gasteiger partial charge in [-0.15, -0.1) is 0 Å². The van der Waals surface area contributed by atoms with Crippen LogP contribution in [0, 0.1) is 23.7 Å². The van der Waals surface area contributed by atoms with Gasteiger partial charge in [0.2, 0.25) is 17.7 Å². The minimum absolute atomic E-state index is 0.0698. The van der Waals surface area contributed by atoms with Gasteiger partial charge in [0.15, 0.2) is 0 Å². The number of carbonyl (C=O) groups excluding carboxylic acids is 3. The van der Waals surface area contributed by atoms with Crippen LogP contribution in [0.4, 0.5) is 0 Å². The summed E-state index contributed by atoms with van der Waals surface area (Å²) in [5.41, 5.74) is 0. The Kier molecular flexibility index (Phi) is 16.3. The molecule has 0 aromatic heterocycles. The van der Waals surface area contributed by atoms with E-state index in [0.717, 1.165) is 56.3 Å². The third-order valence-electron chi connectivity index (χ3n) is 10.7. The Morgan fingerprint density at radius 3 is 1.12 bits per heavy atom. The maximum atomic E-state index is 13.5. The van der Waals surface area contributed by atoms with Crippen molar-refractivity contribution < 1.29 is 14.4 Å². The summed E-state index contributed by atoms with van der Waals surface area (Å²) >= 11 is 0. The van der Waals surface area contributed by atoms with Crippen molar-refractivity contribution in [3.63, 3.8) is 0 Å². The lowest BCUT2D eigenvalue weighted by Crippen LogP contribution is -2.46. The third kappa shape index (κ3) is 13.0. The summed E-state index contributed by atoms with van der Waals surface area (Å²) in [7, 11) is 0. The zero-order chi connectivity index (χ0) is 30.2. The molecule has 6 heteroatoms. The molecule has 0 bridgehead atoms. The van der Waals surface area contributed by atoms with Gasteiger partial charge in [0, 0.05) is 31.0 Å². The molecule has 0 spiro atoms. The smallest absolute Gasteiger partial charge is 0.224 e. The summed E-state index contributed by atoms with van der Waals surface area (Å²) in [6.45, 7) is 6.74. The first-order valence-electron chi connectivity index (χ1n) is 18.3. The third-order valence-corrected chi connectivity index (χ3v) is 10.7. The molecule has 3 fully saturated rings. The molecule has 0 atom stereocenters. The predicted octanol–water partition coefficient (Wildman–Crippen LogP) is 7.98. The highest BCUT2D eigenvalue weighted by Crippen LogP contribution is 2.31. The van der Waals surface area contributed by atoms with Gasteiger partial charge >= 0.3 is 0 Å². The van der Waals surface area contributed by atoms with Crippen molar-refractivity contribution in [2.45, 2.75) is 187 Å². The number of hydrogen-bond donors (Lipinski definition) is 3. The fourth-order valence-corrected chi connectivity index (χ4v) is 7.86. The fraction of sp³-hybridized carbons (Fsp3) is 0.917. The van der Waals surface area contributed by atoms with E-state index in [4.69, 9.17) is 0 Å². The molecule has 0 aromatic carbocycles. The van der Waals surface area contributed by atoms with Crippen LogP contribution in [0.15, 0.2) is 0 Å². The van der Waals surface area contributed by atoms with Crippen LogP contribution in [0.5, 0.6) is 0 Å². The highest BCUT2D eigenvalue weighted by Gasteiger charge is 2.31. The van der Waals surface area contributed by atoms with Crippen molar-refractivity contribution in [2.75, 3.05) is 0 Å². The summed E-state index contributed by atoms with van der Waals surface area (Å²) in [6.07, 6.45) is 24.9. The second-order valence-corrected chi connectivity index (χ2v) is 14.3. The summed E-state index contributed by atoms with van der Waals surface area (Å²) in [6, 6.07) is 0.573. The molecule has 0 heterocycles. The highest BCUT2D eigenvalue weighted by atomic mass is 16.2. The van der Waals surface area contributed by atoms with Crippen molar-refractivity contribution in [2.24, 2.45) is 23.7 Å². The van der Waals surface area contributed by atoms with Gasteiger partial charge in [-0.1, -0.05) is 78.6 Å². The lowest BCUT2D eigenvalue weighted by Gasteiger charge is -2.31. The van der Waals surface area contributed by atoms with Crippen LogP contribution in [-0.2, 0) is 14.4 Å². The molecule has 0 radical (unpaired) electrons. The van der Waals surface area contributed by atoms with Gasteiger partial charge in [-0.2, -0.15) is 0 Å². The first-order chi connectivity index (χ1) is 20.4. The standard InChI is InChI=1S/C36H65N3O3/c1-4-7-10-27-13-19-31(20-14-27)37-34(40)25-30(36(42)39-33-23-17-29(18-24-33)12-9-6-3)26-35(41)38-32-21-15-28(16-22-32)11-8-5-2/h27-33H,4-26H2,1-3H3,(H,37,40)(H,38,41)(H,39,42). The summed E-state index contributed by atoms with van der Waals surface area (Å²) in [5.74, 6) is 1.51. The fourth-order valence-electron chi connectivity index (χ4n) is 7.86. The molecule has 242 valence electrons. The van der Waals surface area contributed by atoms with Crippen LogP contribution in [0.25, 0.3) is 0 Å². The van der Waals surface area contributed by atoms with E-state index in [1.54, 1.807) is 0 Å². The Bertz CT molecular complexity index is 734. The highest BCUT2D eigenvalue weighted by molar-refractivity contribution is 5.90. The monoisotopic (exact) mass is 588 g/mol. The second kappa shape index (κ2) is 19.6. The Morgan fingerprint density at radius 2 is 0.810 bits per heavy atom. The van der Waals surface area contributed by atoms with Crippen LogP contribution in [-0.4, -0.2) is 35.8 Å². The molecule has 42 heavy (non-hydrogen) atoms. The van der Waals surface area contributed by atoms with Crippen molar-refractivity contribution in [1.29, 1.82) is 0 Å². The summed E-state index contributed by atoms with van der Waals surface area (Å²) in [4.78, 5) is 39.9. The van der Waals surface area contributed by atoms with E-state index in [-0.39, 0.29) is 48.7 Å². The van der Waals surface area contributed by atoms with Crippen molar-refractivity contribution in [3.8, 4) is 0 Å². The topological polar surface area (TPSA) is 87.3 Å². The number of nitrogens with one attached hydrogen (secondary N) is 3. The Morgan fingerprint density at radius 1 is 0.500 bits per heavy atom. The van der Waals surface area contributed by atoms with E-state index in [9.17, 15) is 14.4 Å². The largest absolute Gasteiger partial charge is 0.353 e. The van der Waals surface area contributed by atoms with E-state index in [0.29, 0.717) is 0 Å². The minimum Gasteiger partial charge on any atom is -0.353 e. The Hall–Kier alpha value is -1.59. The Balaban J connectivity index is 1.50. The number of carbonyl (C=O) groups is 3. The predicted molar refractivity (Wildman–Crippen MR) is 173 cm³/mol. The van der Waals surface area contributed by atoms with Crippen LogP contribution in [0.3, 0.4) is 0 Å². The maximum absolute atomic E-state index is 13.5. The van der Waals surface area contributed by atoms with Crippen LogP contribution in [0.2, 0.25) is 0 Å². The van der Waals surface area contributed by atoms with E-state index >= 15 is 0 Å². The lowest BCUT2D eigenvalue weighted by molar-refractivity contribution is -0.134. The van der Waals surface area contributed by atoms with Gasteiger partial charge in [0.1, 0.15) is 0 Å². The van der Waals surface area contributed by atoms with Gasteiger partial charge in [-0.05, 0) is 94.8 Å². The Labute approximate surface area is 258 Å². The molecular formula is C36H65N3O3. The molecule has 3 N–H and O–H groups in total. The van der Waals surface area contributed by atoms with Crippen LogP contribution >= 0.6 is 0 Å². The molecule has 3 rings (SSSR count). The van der Waals surface area contributed by atoms with Gasteiger partial charge in [0.05, 0.1) is 5.92 Å². The van der Waals surface area contributed by atoms with E-state index in [1.165, 1.54) is 96.3 Å². The van der Waals surface area contributed by atoms with E-state index in [1.807, 2.05) is 0 Å². The van der Waals surface area contributed by atoms with Crippen LogP contribution in [0.1, 0.15) is 168 Å². The molecule has 0 unspecified atom stereocenters. The quantitative estimate of drug-likeness (QED) is 0.161. The average Bonchev–Trinajstić information content (AvgIpc) is 2.99. The molecule has 6 nitrogen and oxygen atoms in total. The molecule has 0 saturated heterocycles. The SMILES string of the molecule is CCCCC1CCC(NC(=O)CC(CC(=O)NC2CCC(CCCC)CC2)C(=O)NC2CCC(CCCC)CC2)CC1. The molecule has 3 amide bonds. The van der Waals surface area contributed by atoms with Gasteiger partial charge in [0.25, 0.3) is 0 Å². The van der Waals surface area contributed by atoms with Crippen molar-refractivity contribution in [3.05, 3.63) is 0 Å². The van der Waals surface area contributed by atoms with Gasteiger partial charge < -0.3 is 16.0 Å². The molecule has 3 aliphatic rings. The second-order valence-electron chi connectivity index (χ2n) is 14.3. The maximum Gasteiger partial charge on any atom is 0.224 e. The zero-order valence-electron chi connectivity index (χ0n) is 27.5. The molecule has 0 aliphatic heterocycles. The number of hydrogen-bond acceptors (Lipinski definition) is 3. The summed E-state index contributed by atoms with van der Waals surface area (Å²) < 4.78 is 0. The van der Waals surface area contributed by atoms with E-state index in [2.05, 4.69) is 36.7 Å².